The predicted molar refractivity (Wildman–Crippen MR) is 70.9 cm³/mol. The molecule has 0 spiro atoms. The second-order valence-corrected chi connectivity index (χ2v) is 4.70. The van der Waals surface area contributed by atoms with E-state index < -0.39 is 0 Å². The number of likely N-dealkylation sites (tertiary alicyclic amines) is 1. The van der Waals surface area contributed by atoms with Crippen LogP contribution in [0.5, 0.6) is 0 Å². The van der Waals surface area contributed by atoms with Crippen molar-refractivity contribution >= 4 is 35.1 Å². The molecule has 1 saturated heterocycles. The van der Waals surface area contributed by atoms with Crippen LogP contribution in [0.2, 0.25) is 5.02 Å². The Labute approximate surface area is 111 Å². The number of pyridine rings is 1. The summed E-state index contributed by atoms with van der Waals surface area (Å²) < 4.78 is 5.82. The molecule has 3 heterocycles. The summed E-state index contributed by atoms with van der Waals surface area (Å²) in [6.07, 6.45) is 4.08. The van der Waals surface area contributed by atoms with Gasteiger partial charge in [0, 0.05) is 12.3 Å². The average Bonchev–Trinajstić information content (AvgIpc) is 2.84. The summed E-state index contributed by atoms with van der Waals surface area (Å²) in [5.41, 5.74) is 1.56. The molecule has 0 radical (unpaired) electrons. The van der Waals surface area contributed by atoms with Crippen LogP contribution in [-0.2, 0) is 0 Å². The van der Waals surface area contributed by atoms with E-state index in [4.69, 9.17) is 16.0 Å². The molecule has 1 fully saturated rings. The van der Waals surface area contributed by atoms with Gasteiger partial charge in [-0.15, -0.1) is 12.4 Å². The van der Waals surface area contributed by atoms with E-state index in [0.717, 1.165) is 24.2 Å². The summed E-state index contributed by atoms with van der Waals surface area (Å²) in [6, 6.07) is 4.15. The Hall–Kier alpha value is -0.770. The summed E-state index contributed by atoms with van der Waals surface area (Å²) in [5, 5.41) is 0.636. The van der Waals surface area contributed by atoms with Crippen molar-refractivity contribution in [3.63, 3.8) is 0 Å². The molecule has 5 heteroatoms. The molecule has 0 unspecified atom stereocenters. The van der Waals surface area contributed by atoms with Crippen molar-refractivity contribution in [3.8, 4) is 0 Å². The van der Waals surface area contributed by atoms with E-state index in [1.807, 2.05) is 6.07 Å². The van der Waals surface area contributed by atoms with Crippen molar-refractivity contribution in [2.45, 2.75) is 18.9 Å². The van der Waals surface area contributed by atoms with Crippen LogP contribution in [0.1, 0.15) is 24.6 Å². The Balaban J connectivity index is 0.00000108. The highest BCUT2D eigenvalue weighted by atomic mass is 35.5. The highest BCUT2D eigenvalue weighted by molar-refractivity contribution is 6.34. The number of aromatic nitrogens is 1. The van der Waals surface area contributed by atoms with Crippen LogP contribution in [0.3, 0.4) is 0 Å². The van der Waals surface area contributed by atoms with Crippen LogP contribution < -0.4 is 0 Å². The average molecular weight is 273 g/mol. The van der Waals surface area contributed by atoms with Crippen molar-refractivity contribution in [3.05, 3.63) is 29.1 Å². The molecule has 2 aromatic heterocycles. The van der Waals surface area contributed by atoms with Gasteiger partial charge in [-0.25, -0.2) is 0 Å². The van der Waals surface area contributed by atoms with Crippen LogP contribution >= 0.6 is 24.0 Å². The highest BCUT2D eigenvalue weighted by Crippen LogP contribution is 2.35. The molecule has 1 atom stereocenters. The molecule has 0 aliphatic carbocycles. The molecule has 0 aromatic carbocycles. The molecule has 92 valence electrons. The third-order valence-corrected chi connectivity index (χ3v) is 3.53. The van der Waals surface area contributed by atoms with E-state index >= 15 is 0 Å². The minimum absolute atomic E-state index is 0. The van der Waals surface area contributed by atoms with Crippen molar-refractivity contribution < 1.29 is 4.42 Å². The second-order valence-electron chi connectivity index (χ2n) is 4.29. The quantitative estimate of drug-likeness (QED) is 0.793. The topological polar surface area (TPSA) is 29.3 Å². The number of furan rings is 1. The molecule has 3 nitrogen and oxygen atoms in total. The Morgan fingerprint density at radius 1 is 1.53 bits per heavy atom. The van der Waals surface area contributed by atoms with Gasteiger partial charge in [-0.2, -0.15) is 0 Å². The van der Waals surface area contributed by atoms with E-state index in [2.05, 4.69) is 16.9 Å². The van der Waals surface area contributed by atoms with Crippen LogP contribution in [0.15, 0.2) is 22.7 Å². The summed E-state index contributed by atoms with van der Waals surface area (Å²) in [4.78, 5) is 6.57. The molecule has 0 N–H and O–H groups in total. The molecule has 0 bridgehead atoms. The number of nitrogens with zero attached hydrogens (tertiary/aromatic N) is 2. The van der Waals surface area contributed by atoms with E-state index in [-0.39, 0.29) is 12.4 Å². The lowest BCUT2D eigenvalue weighted by molar-refractivity contribution is 0.281. The van der Waals surface area contributed by atoms with Gasteiger partial charge in [0.1, 0.15) is 11.3 Å². The van der Waals surface area contributed by atoms with Gasteiger partial charge < -0.3 is 4.42 Å². The van der Waals surface area contributed by atoms with Crippen molar-refractivity contribution in [1.82, 2.24) is 9.88 Å². The number of fused-ring (bicyclic) bond motifs is 1. The molecule has 0 saturated carbocycles. The van der Waals surface area contributed by atoms with E-state index in [9.17, 15) is 0 Å². The maximum absolute atomic E-state index is 6.07. The Kier molecular flexibility index (Phi) is 3.61. The third-order valence-electron chi connectivity index (χ3n) is 3.23. The lowest BCUT2D eigenvalue weighted by Crippen LogP contribution is -2.16. The Morgan fingerprint density at radius 3 is 3.00 bits per heavy atom. The molecule has 1 aliphatic rings. The van der Waals surface area contributed by atoms with Crippen LogP contribution in [-0.4, -0.2) is 23.5 Å². The summed E-state index contributed by atoms with van der Waals surface area (Å²) in [5.74, 6) is 0.982. The van der Waals surface area contributed by atoms with Crippen molar-refractivity contribution in [2.24, 2.45) is 0 Å². The van der Waals surface area contributed by atoms with Crippen molar-refractivity contribution in [2.75, 3.05) is 13.6 Å². The molecule has 17 heavy (non-hydrogen) atoms. The van der Waals surface area contributed by atoms with Gasteiger partial charge in [0.25, 0.3) is 0 Å². The van der Waals surface area contributed by atoms with E-state index in [1.165, 1.54) is 6.42 Å². The molecule has 1 aliphatic heterocycles. The lowest BCUT2D eigenvalue weighted by Gasteiger charge is -2.16. The van der Waals surface area contributed by atoms with Gasteiger partial charge >= 0.3 is 0 Å². The van der Waals surface area contributed by atoms with Crippen LogP contribution in [0, 0.1) is 0 Å². The number of hydrogen-bond donors (Lipinski definition) is 0. The van der Waals surface area contributed by atoms with Gasteiger partial charge in [-0.3, -0.25) is 9.88 Å². The third kappa shape index (κ3) is 2.15. The van der Waals surface area contributed by atoms with Gasteiger partial charge in [0.2, 0.25) is 0 Å². The maximum atomic E-state index is 6.07. The Bertz CT molecular complexity index is 526. The van der Waals surface area contributed by atoms with Gasteiger partial charge in [0.05, 0.1) is 11.1 Å². The van der Waals surface area contributed by atoms with Crippen LogP contribution in [0.4, 0.5) is 0 Å². The molecule has 3 rings (SSSR count). The minimum Gasteiger partial charge on any atom is -0.456 e. The fraction of sp³-hybridized carbons (Fsp3) is 0.417. The molecular formula is C12H14Cl2N2O. The standard InChI is InChI=1S/C12H13ClN2O.ClH/c1-15-6-2-3-10(15)11-7-9-12(16-11)8(13)4-5-14-9;/h4-5,7,10H,2-3,6H2,1H3;1H/t10-;/m0./s1. The summed E-state index contributed by atoms with van der Waals surface area (Å²) in [6.45, 7) is 1.13. The SMILES string of the molecule is CN1CCC[C@H]1c1cc2nccc(Cl)c2o1.Cl. The minimum atomic E-state index is 0. The largest absolute Gasteiger partial charge is 0.456 e. The molecule has 0 amide bonds. The highest BCUT2D eigenvalue weighted by Gasteiger charge is 2.26. The Morgan fingerprint density at radius 2 is 2.35 bits per heavy atom. The first kappa shape index (κ1) is 12.7. The van der Waals surface area contributed by atoms with Gasteiger partial charge in [0.15, 0.2) is 5.58 Å². The first-order valence-corrected chi connectivity index (χ1v) is 5.87. The zero-order chi connectivity index (χ0) is 11.1. The number of halogens is 2. The zero-order valence-electron chi connectivity index (χ0n) is 9.52. The molecular weight excluding hydrogens is 259 g/mol. The van der Waals surface area contributed by atoms with E-state index in [0.29, 0.717) is 16.6 Å². The zero-order valence-corrected chi connectivity index (χ0v) is 11.1. The maximum Gasteiger partial charge on any atom is 0.171 e. The molecule has 2 aromatic rings. The fourth-order valence-electron chi connectivity index (χ4n) is 2.36. The second kappa shape index (κ2) is 4.84. The number of hydrogen-bond acceptors (Lipinski definition) is 3. The normalized spacial score (nSPS) is 20.7. The van der Waals surface area contributed by atoms with Crippen LogP contribution in [0.25, 0.3) is 11.1 Å². The monoisotopic (exact) mass is 272 g/mol. The first-order valence-electron chi connectivity index (χ1n) is 5.50. The van der Waals surface area contributed by atoms with Crippen molar-refractivity contribution in [1.29, 1.82) is 0 Å². The number of rotatable bonds is 1. The van der Waals surface area contributed by atoms with E-state index in [1.54, 1.807) is 12.3 Å². The summed E-state index contributed by atoms with van der Waals surface area (Å²) in [7, 11) is 2.12. The van der Waals surface area contributed by atoms with Gasteiger partial charge in [-0.05, 0) is 32.5 Å². The van der Waals surface area contributed by atoms with Gasteiger partial charge in [-0.1, -0.05) is 11.6 Å². The first-order chi connectivity index (χ1) is 7.75. The smallest absolute Gasteiger partial charge is 0.171 e. The fourth-order valence-corrected chi connectivity index (χ4v) is 2.55. The summed E-state index contributed by atoms with van der Waals surface area (Å²) >= 11 is 6.07. The lowest BCUT2D eigenvalue weighted by atomic mass is 10.2. The predicted octanol–water partition coefficient (Wildman–Crippen LogP) is 3.67.